The van der Waals surface area contributed by atoms with Crippen molar-refractivity contribution in [3.8, 4) is 0 Å². The zero-order valence-corrected chi connectivity index (χ0v) is 14.3. The quantitative estimate of drug-likeness (QED) is 0.666. The maximum absolute atomic E-state index is 12.5. The number of benzene rings is 1. The van der Waals surface area contributed by atoms with Crippen LogP contribution in [0.5, 0.6) is 0 Å². The molecule has 4 unspecified atom stereocenters. The second-order valence-corrected chi connectivity index (χ2v) is 7.71. The van der Waals surface area contributed by atoms with Crippen LogP contribution in [0.1, 0.15) is 67.3 Å². The lowest BCUT2D eigenvalue weighted by Gasteiger charge is -2.27. The summed E-state index contributed by atoms with van der Waals surface area (Å²) in [6.45, 7) is 2.11. The fourth-order valence-corrected chi connectivity index (χ4v) is 4.85. The molecule has 0 saturated heterocycles. The molecule has 0 radical (unpaired) electrons. The predicted octanol–water partition coefficient (Wildman–Crippen LogP) is 4.22. The third kappa shape index (κ3) is 2.59. The molecule has 24 heavy (non-hydrogen) atoms. The van der Waals surface area contributed by atoms with E-state index in [1.165, 1.54) is 5.56 Å². The van der Waals surface area contributed by atoms with Crippen molar-refractivity contribution < 1.29 is 14.6 Å². The van der Waals surface area contributed by atoms with E-state index in [0.717, 1.165) is 38.5 Å². The second-order valence-electron chi connectivity index (χ2n) is 7.71. The van der Waals surface area contributed by atoms with Gasteiger partial charge in [-0.1, -0.05) is 31.2 Å². The predicted molar refractivity (Wildman–Crippen MR) is 92.8 cm³/mol. The second kappa shape index (κ2) is 6.03. The molecule has 1 aromatic carbocycles. The number of ether oxygens (including phenoxy) is 1. The van der Waals surface area contributed by atoms with E-state index in [-0.39, 0.29) is 23.6 Å². The van der Waals surface area contributed by atoms with Crippen LogP contribution in [-0.4, -0.2) is 22.8 Å². The van der Waals surface area contributed by atoms with E-state index in [4.69, 9.17) is 4.74 Å². The summed E-state index contributed by atoms with van der Waals surface area (Å²) >= 11 is 0. The monoisotopic (exact) mass is 326 g/mol. The first kappa shape index (κ1) is 15.9. The Kier molecular flexibility index (Phi) is 4.00. The van der Waals surface area contributed by atoms with Gasteiger partial charge in [-0.25, -0.2) is 4.79 Å². The lowest BCUT2D eigenvalue weighted by atomic mass is 9.86. The Bertz CT molecular complexity index is 640. The SMILES string of the molecule is CCC1(OC(=O)c2ccc(C3CC4C=CC3C4O)cc2)CCCC1. The molecular weight excluding hydrogens is 300 g/mol. The van der Waals surface area contributed by atoms with Crippen LogP contribution >= 0.6 is 0 Å². The number of fused-ring (bicyclic) bond motifs is 2. The molecule has 2 fully saturated rings. The zero-order chi connectivity index (χ0) is 16.7. The number of esters is 1. The lowest BCUT2D eigenvalue weighted by molar-refractivity contribution is -0.0172. The molecule has 0 amide bonds. The Morgan fingerprint density at radius 2 is 1.92 bits per heavy atom. The summed E-state index contributed by atoms with van der Waals surface area (Å²) in [5, 5.41) is 10.2. The van der Waals surface area contributed by atoms with Crippen LogP contribution < -0.4 is 0 Å². The van der Waals surface area contributed by atoms with Crippen molar-refractivity contribution in [2.75, 3.05) is 0 Å². The number of aliphatic hydroxyl groups excluding tert-OH is 1. The van der Waals surface area contributed by atoms with Crippen molar-refractivity contribution in [3.05, 3.63) is 47.5 Å². The summed E-state index contributed by atoms with van der Waals surface area (Å²) in [5.41, 5.74) is 1.61. The van der Waals surface area contributed by atoms with Gasteiger partial charge in [0.05, 0.1) is 11.7 Å². The van der Waals surface area contributed by atoms with Crippen LogP contribution in [0.25, 0.3) is 0 Å². The Morgan fingerprint density at radius 1 is 1.21 bits per heavy atom. The molecular formula is C21H26O3. The van der Waals surface area contributed by atoms with E-state index in [0.29, 0.717) is 17.4 Å². The Labute approximate surface area is 143 Å². The molecule has 128 valence electrons. The molecule has 2 saturated carbocycles. The van der Waals surface area contributed by atoms with Crippen LogP contribution in [0.15, 0.2) is 36.4 Å². The van der Waals surface area contributed by atoms with Crippen LogP contribution in [0.3, 0.4) is 0 Å². The molecule has 4 rings (SSSR count). The highest BCUT2D eigenvalue weighted by atomic mass is 16.6. The van der Waals surface area contributed by atoms with Crippen molar-refractivity contribution in [3.63, 3.8) is 0 Å². The molecule has 3 aliphatic rings. The molecule has 0 heterocycles. The van der Waals surface area contributed by atoms with E-state index in [2.05, 4.69) is 19.1 Å². The van der Waals surface area contributed by atoms with Gasteiger partial charge in [0.1, 0.15) is 5.60 Å². The fourth-order valence-electron chi connectivity index (χ4n) is 4.85. The van der Waals surface area contributed by atoms with Crippen molar-refractivity contribution in [1.29, 1.82) is 0 Å². The van der Waals surface area contributed by atoms with E-state index < -0.39 is 0 Å². The first-order valence-corrected chi connectivity index (χ1v) is 9.31. The summed E-state index contributed by atoms with van der Waals surface area (Å²) in [4.78, 5) is 12.5. The summed E-state index contributed by atoms with van der Waals surface area (Å²) in [7, 11) is 0. The Balaban J connectivity index is 1.46. The number of hydrogen-bond donors (Lipinski definition) is 1. The fraction of sp³-hybridized carbons (Fsp3) is 0.571. The average molecular weight is 326 g/mol. The molecule has 1 N–H and O–H groups in total. The van der Waals surface area contributed by atoms with Crippen molar-refractivity contribution in [1.82, 2.24) is 0 Å². The van der Waals surface area contributed by atoms with Crippen molar-refractivity contribution >= 4 is 5.97 Å². The number of rotatable bonds is 4. The first-order valence-electron chi connectivity index (χ1n) is 9.31. The highest BCUT2D eigenvalue weighted by Gasteiger charge is 2.44. The third-order valence-electron chi connectivity index (χ3n) is 6.45. The maximum Gasteiger partial charge on any atom is 0.338 e. The Hall–Kier alpha value is -1.61. The summed E-state index contributed by atoms with van der Waals surface area (Å²) < 4.78 is 5.88. The number of aliphatic hydroxyl groups is 1. The standard InChI is InChI=1S/C21H26O3/c1-2-21(11-3-4-12-21)24-20(23)15-7-5-14(6-8-15)18-13-16-9-10-17(18)19(16)22/h5-10,16-19,22H,2-4,11-13H2,1H3. The molecule has 0 aromatic heterocycles. The molecule has 4 atom stereocenters. The van der Waals surface area contributed by atoms with Gasteiger partial charge in [0.15, 0.2) is 0 Å². The summed E-state index contributed by atoms with van der Waals surface area (Å²) in [5.74, 6) is 0.709. The molecule has 1 aromatic rings. The zero-order valence-electron chi connectivity index (χ0n) is 14.3. The summed E-state index contributed by atoms with van der Waals surface area (Å²) in [6, 6.07) is 7.85. The molecule has 3 aliphatic carbocycles. The van der Waals surface area contributed by atoms with Gasteiger partial charge >= 0.3 is 5.97 Å². The van der Waals surface area contributed by atoms with Gasteiger partial charge < -0.3 is 9.84 Å². The maximum atomic E-state index is 12.5. The van der Waals surface area contributed by atoms with Gasteiger partial charge in [-0.05, 0) is 62.1 Å². The molecule has 0 aliphatic heterocycles. The topological polar surface area (TPSA) is 46.5 Å². The molecule has 3 nitrogen and oxygen atoms in total. The smallest absolute Gasteiger partial charge is 0.338 e. The van der Waals surface area contributed by atoms with Crippen molar-refractivity contribution in [2.45, 2.75) is 63.1 Å². The number of hydrogen-bond acceptors (Lipinski definition) is 3. The first-order chi connectivity index (χ1) is 11.6. The van der Waals surface area contributed by atoms with Gasteiger partial charge in [-0.3, -0.25) is 0 Å². The highest BCUT2D eigenvalue weighted by molar-refractivity contribution is 5.89. The van der Waals surface area contributed by atoms with Crippen LogP contribution in [0.2, 0.25) is 0 Å². The van der Waals surface area contributed by atoms with E-state index in [1.807, 2.05) is 24.3 Å². The number of carbonyl (C=O) groups is 1. The van der Waals surface area contributed by atoms with E-state index in [9.17, 15) is 9.90 Å². The number of carbonyl (C=O) groups excluding carboxylic acids is 1. The van der Waals surface area contributed by atoms with Crippen molar-refractivity contribution in [2.24, 2.45) is 11.8 Å². The normalized spacial score (nSPS) is 33.1. The minimum absolute atomic E-state index is 0.196. The Morgan fingerprint density at radius 3 is 2.46 bits per heavy atom. The lowest BCUT2D eigenvalue weighted by Crippen LogP contribution is -2.31. The van der Waals surface area contributed by atoms with E-state index in [1.54, 1.807) is 0 Å². The van der Waals surface area contributed by atoms with Gasteiger partial charge in [0.2, 0.25) is 0 Å². The average Bonchev–Trinajstić information content (AvgIpc) is 3.31. The largest absolute Gasteiger partial charge is 0.455 e. The van der Waals surface area contributed by atoms with Gasteiger partial charge in [-0.15, -0.1) is 0 Å². The molecule has 2 bridgehead atoms. The van der Waals surface area contributed by atoms with Gasteiger partial charge in [0, 0.05) is 11.8 Å². The molecule has 0 spiro atoms. The van der Waals surface area contributed by atoms with Crippen LogP contribution in [0.4, 0.5) is 0 Å². The molecule has 3 heteroatoms. The van der Waals surface area contributed by atoms with Gasteiger partial charge in [-0.2, -0.15) is 0 Å². The highest BCUT2D eigenvalue weighted by Crippen LogP contribution is 2.48. The minimum atomic E-state index is -0.241. The third-order valence-corrected chi connectivity index (χ3v) is 6.45. The minimum Gasteiger partial charge on any atom is -0.455 e. The van der Waals surface area contributed by atoms with Crippen LogP contribution in [-0.2, 0) is 4.74 Å². The van der Waals surface area contributed by atoms with Crippen LogP contribution in [0, 0.1) is 11.8 Å². The van der Waals surface area contributed by atoms with Gasteiger partial charge in [0.25, 0.3) is 0 Å². The summed E-state index contributed by atoms with van der Waals surface area (Å²) in [6.07, 6.45) is 10.2. The van der Waals surface area contributed by atoms with E-state index >= 15 is 0 Å².